The van der Waals surface area contributed by atoms with E-state index >= 15 is 0 Å². The minimum absolute atomic E-state index is 0.0580. The van der Waals surface area contributed by atoms with Crippen LogP contribution in [0.4, 0.5) is 23.7 Å². The highest BCUT2D eigenvalue weighted by Gasteiger charge is 2.45. The summed E-state index contributed by atoms with van der Waals surface area (Å²) in [6.07, 6.45) is -4.88. The molecule has 21 heavy (non-hydrogen) atoms. The smallest absolute Gasteiger partial charge is 0.404 e. The lowest BCUT2D eigenvalue weighted by Gasteiger charge is -2.17. The summed E-state index contributed by atoms with van der Waals surface area (Å²) in [5.41, 5.74) is -1.03. The van der Waals surface area contributed by atoms with Crippen LogP contribution >= 0.6 is 11.6 Å². The van der Waals surface area contributed by atoms with Gasteiger partial charge in [0.25, 0.3) is 5.91 Å². The van der Waals surface area contributed by atoms with E-state index in [1.54, 1.807) is 0 Å². The number of nitrogens with zero attached hydrogens (tertiary/aromatic N) is 1. The van der Waals surface area contributed by atoms with E-state index in [2.05, 4.69) is 10.1 Å². The summed E-state index contributed by atoms with van der Waals surface area (Å²) >= 11 is 5.69. The molecule has 3 amide bonds. The fraction of sp³-hybridized carbons (Fsp3) is 0.333. The summed E-state index contributed by atoms with van der Waals surface area (Å²) < 4.78 is 40.1. The van der Waals surface area contributed by atoms with Crippen LogP contribution in [0.5, 0.6) is 5.75 Å². The number of benzene rings is 1. The van der Waals surface area contributed by atoms with Gasteiger partial charge in [0, 0.05) is 0 Å². The molecule has 9 heteroatoms. The molecule has 0 bridgehead atoms. The van der Waals surface area contributed by atoms with Gasteiger partial charge in [-0.3, -0.25) is 4.79 Å². The topological polar surface area (TPSA) is 58.6 Å². The molecule has 1 aromatic carbocycles. The van der Waals surface area contributed by atoms with E-state index in [9.17, 15) is 22.8 Å². The maximum Gasteiger partial charge on any atom is 0.573 e. The first-order chi connectivity index (χ1) is 9.51. The molecule has 0 spiro atoms. The average molecular weight is 323 g/mol. The average Bonchev–Trinajstić information content (AvgIpc) is 2.50. The van der Waals surface area contributed by atoms with Crippen LogP contribution < -0.4 is 15.0 Å². The second kappa shape index (κ2) is 4.80. The highest BCUT2D eigenvalue weighted by molar-refractivity contribution is 6.33. The van der Waals surface area contributed by atoms with Crippen LogP contribution in [0.15, 0.2) is 18.2 Å². The summed E-state index contributed by atoms with van der Waals surface area (Å²) in [5.74, 6) is -1.15. The third-order valence-electron chi connectivity index (χ3n) is 2.76. The lowest BCUT2D eigenvalue weighted by Crippen LogP contribution is -2.40. The number of hydrogen-bond acceptors (Lipinski definition) is 3. The molecule has 1 N–H and O–H groups in total. The van der Waals surface area contributed by atoms with E-state index in [-0.39, 0.29) is 10.7 Å². The van der Waals surface area contributed by atoms with Crippen LogP contribution in [0.3, 0.4) is 0 Å². The zero-order chi connectivity index (χ0) is 16.0. The van der Waals surface area contributed by atoms with Gasteiger partial charge in [-0.25, -0.2) is 9.69 Å². The van der Waals surface area contributed by atoms with Crippen LogP contribution in [0, 0.1) is 0 Å². The molecule has 2 rings (SSSR count). The van der Waals surface area contributed by atoms with Crippen LogP contribution in [-0.2, 0) is 4.79 Å². The molecule has 1 fully saturated rings. The molecule has 1 aromatic rings. The Hall–Kier alpha value is -1.96. The lowest BCUT2D eigenvalue weighted by molar-refractivity contribution is -0.274. The van der Waals surface area contributed by atoms with E-state index in [0.29, 0.717) is 0 Å². The summed E-state index contributed by atoms with van der Waals surface area (Å²) in [6, 6.07) is 2.47. The van der Waals surface area contributed by atoms with Crippen molar-refractivity contribution in [2.24, 2.45) is 0 Å². The van der Waals surface area contributed by atoms with E-state index in [4.69, 9.17) is 11.6 Å². The zero-order valence-corrected chi connectivity index (χ0v) is 11.7. The second-order valence-electron chi connectivity index (χ2n) is 4.86. The molecule has 0 aliphatic carbocycles. The Morgan fingerprint density at radius 2 is 1.90 bits per heavy atom. The van der Waals surface area contributed by atoms with Gasteiger partial charge in [0.2, 0.25) is 0 Å². The first-order valence-corrected chi connectivity index (χ1v) is 6.11. The third-order valence-corrected chi connectivity index (χ3v) is 3.05. The number of urea groups is 1. The monoisotopic (exact) mass is 322 g/mol. The van der Waals surface area contributed by atoms with Gasteiger partial charge in [-0.05, 0) is 32.0 Å². The molecule has 1 heterocycles. The molecule has 0 saturated carbocycles. The molecular formula is C12H10ClF3N2O3. The summed E-state index contributed by atoms with van der Waals surface area (Å²) in [5, 5.41) is 2.08. The highest BCUT2D eigenvalue weighted by atomic mass is 35.5. The van der Waals surface area contributed by atoms with Crippen molar-refractivity contribution in [2.45, 2.75) is 25.7 Å². The number of ether oxygens (including phenoxy) is 1. The van der Waals surface area contributed by atoms with Gasteiger partial charge < -0.3 is 10.1 Å². The van der Waals surface area contributed by atoms with Gasteiger partial charge in [-0.2, -0.15) is 0 Å². The quantitative estimate of drug-likeness (QED) is 0.851. The molecule has 1 aliphatic rings. The summed E-state index contributed by atoms with van der Waals surface area (Å²) in [7, 11) is 0. The fourth-order valence-corrected chi connectivity index (χ4v) is 2.03. The molecule has 1 saturated heterocycles. The van der Waals surface area contributed by atoms with Crippen molar-refractivity contribution in [3.8, 4) is 5.75 Å². The Balaban J connectivity index is 2.33. The molecule has 0 unspecified atom stereocenters. The van der Waals surface area contributed by atoms with Gasteiger partial charge >= 0.3 is 12.4 Å². The maximum absolute atomic E-state index is 12.1. The number of nitrogens with one attached hydrogen (secondary N) is 1. The Morgan fingerprint density at radius 3 is 2.33 bits per heavy atom. The van der Waals surface area contributed by atoms with E-state index in [1.807, 2.05) is 0 Å². The van der Waals surface area contributed by atoms with E-state index in [0.717, 1.165) is 23.1 Å². The van der Waals surface area contributed by atoms with Crippen molar-refractivity contribution < 1.29 is 27.5 Å². The number of hydrogen-bond donors (Lipinski definition) is 1. The van der Waals surface area contributed by atoms with E-state index < -0.39 is 29.6 Å². The minimum Gasteiger partial charge on any atom is -0.404 e. The summed E-state index contributed by atoms with van der Waals surface area (Å²) in [4.78, 5) is 24.6. The van der Waals surface area contributed by atoms with Crippen LogP contribution in [0.25, 0.3) is 0 Å². The number of carbonyl (C=O) groups excluding carboxylic acids is 2. The largest absolute Gasteiger partial charge is 0.573 e. The lowest BCUT2D eigenvalue weighted by atomic mass is 10.1. The summed E-state index contributed by atoms with van der Waals surface area (Å²) in [6.45, 7) is 3.02. The number of anilines is 1. The molecule has 5 nitrogen and oxygen atoms in total. The predicted molar refractivity (Wildman–Crippen MR) is 68.2 cm³/mol. The second-order valence-corrected chi connectivity index (χ2v) is 5.27. The number of carbonyl (C=O) groups is 2. The van der Waals surface area contributed by atoms with E-state index in [1.165, 1.54) is 13.8 Å². The van der Waals surface area contributed by atoms with Crippen molar-refractivity contribution >= 4 is 29.2 Å². The Labute approximate surface area is 122 Å². The van der Waals surface area contributed by atoms with Gasteiger partial charge in [-0.1, -0.05) is 11.6 Å². The molecular weight excluding hydrogens is 313 g/mol. The van der Waals surface area contributed by atoms with Crippen molar-refractivity contribution in [2.75, 3.05) is 4.90 Å². The Bertz CT molecular complexity index is 616. The van der Waals surface area contributed by atoms with Crippen LogP contribution in [0.1, 0.15) is 13.8 Å². The minimum atomic E-state index is -4.88. The highest BCUT2D eigenvalue weighted by Crippen LogP contribution is 2.34. The standard InChI is InChI=1S/C12H10ClF3N2O3/c1-11(2)9(19)18(10(20)17-11)6-3-4-8(7(13)5-6)21-12(14,15)16/h3-5H,1-2H3,(H,17,20). The van der Waals surface area contributed by atoms with Crippen LogP contribution in [-0.4, -0.2) is 23.8 Å². The van der Waals surface area contributed by atoms with Crippen molar-refractivity contribution in [1.29, 1.82) is 0 Å². The van der Waals surface area contributed by atoms with Gasteiger partial charge in [0.1, 0.15) is 11.3 Å². The number of imide groups is 1. The Kier molecular flexibility index (Phi) is 3.53. The SMILES string of the molecule is CC1(C)NC(=O)N(c2ccc(OC(F)(F)F)c(Cl)c2)C1=O. The first kappa shape index (κ1) is 15.4. The molecule has 1 aliphatic heterocycles. The fourth-order valence-electron chi connectivity index (χ4n) is 1.82. The Morgan fingerprint density at radius 1 is 1.29 bits per heavy atom. The molecule has 0 aromatic heterocycles. The maximum atomic E-state index is 12.1. The van der Waals surface area contributed by atoms with Gasteiger partial charge in [0.15, 0.2) is 0 Å². The predicted octanol–water partition coefficient (Wildman–Crippen LogP) is 3.07. The number of halogens is 4. The van der Waals surface area contributed by atoms with Crippen molar-refractivity contribution in [3.63, 3.8) is 0 Å². The van der Waals surface area contributed by atoms with Crippen LogP contribution in [0.2, 0.25) is 5.02 Å². The molecule has 0 radical (unpaired) electrons. The normalized spacial score (nSPS) is 17.9. The number of rotatable bonds is 2. The zero-order valence-electron chi connectivity index (χ0n) is 10.9. The third kappa shape index (κ3) is 3.05. The van der Waals surface area contributed by atoms with Crippen molar-refractivity contribution in [1.82, 2.24) is 5.32 Å². The van der Waals surface area contributed by atoms with Crippen molar-refractivity contribution in [3.05, 3.63) is 23.2 Å². The first-order valence-electron chi connectivity index (χ1n) is 5.73. The van der Waals surface area contributed by atoms with Gasteiger partial charge in [-0.15, -0.1) is 13.2 Å². The van der Waals surface area contributed by atoms with Gasteiger partial charge in [0.05, 0.1) is 10.7 Å². The molecule has 0 atom stereocenters. The number of alkyl halides is 3. The number of amides is 3. The molecule has 114 valence electrons.